The minimum atomic E-state index is -0.966. The van der Waals surface area contributed by atoms with Gasteiger partial charge in [0.2, 0.25) is 0 Å². The van der Waals surface area contributed by atoms with Gasteiger partial charge in [-0.2, -0.15) is 0 Å². The molecule has 0 spiro atoms. The molecular formula is C26H30ClFN2O5. The predicted octanol–water partition coefficient (Wildman–Crippen LogP) is 4.42. The van der Waals surface area contributed by atoms with E-state index in [0.717, 1.165) is 5.56 Å². The molecule has 0 unspecified atom stereocenters. The molecule has 1 aliphatic heterocycles. The van der Waals surface area contributed by atoms with Gasteiger partial charge in [0.05, 0.1) is 5.56 Å². The molecule has 1 fully saturated rings. The number of rotatable bonds is 10. The van der Waals surface area contributed by atoms with Crippen LogP contribution in [0.1, 0.15) is 49.0 Å². The Kier molecular flexibility index (Phi) is 9.23. The van der Waals surface area contributed by atoms with Crippen molar-refractivity contribution in [3.05, 3.63) is 64.4 Å². The Morgan fingerprint density at radius 3 is 2.46 bits per heavy atom. The van der Waals surface area contributed by atoms with Gasteiger partial charge in [0.15, 0.2) is 12.4 Å². The van der Waals surface area contributed by atoms with Crippen LogP contribution in [-0.4, -0.2) is 64.3 Å². The summed E-state index contributed by atoms with van der Waals surface area (Å²) in [6.45, 7) is 5.64. The molecule has 35 heavy (non-hydrogen) atoms. The molecule has 0 saturated carbocycles. The fraction of sp³-hybridized carbons (Fsp3) is 0.423. The lowest BCUT2D eigenvalue weighted by Crippen LogP contribution is -2.58. The summed E-state index contributed by atoms with van der Waals surface area (Å²) in [5, 5.41) is 9.14. The number of piperazine rings is 1. The van der Waals surface area contributed by atoms with Gasteiger partial charge in [0.25, 0.3) is 5.91 Å². The maximum absolute atomic E-state index is 13.2. The van der Waals surface area contributed by atoms with E-state index in [0.29, 0.717) is 24.7 Å². The molecule has 2 aromatic rings. The van der Waals surface area contributed by atoms with Crippen molar-refractivity contribution in [3.63, 3.8) is 0 Å². The Balaban J connectivity index is 1.59. The van der Waals surface area contributed by atoms with Crippen LogP contribution in [0.15, 0.2) is 42.5 Å². The second kappa shape index (κ2) is 12.1. The van der Waals surface area contributed by atoms with Crippen LogP contribution in [0, 0.1) is 5.82 Å². The van der Waals surface area contributed by atoms with Crippen molar-refractivity contribution in [1.82, 2.24) is 9.80 Å². The molecule has 2 aromatic carbocycles. The summed E-state index contributed by atoms with van der Waals surface area (Å²) in [5.41, 5.74) is 1.25. The Morgan fingerprint density at radius 1 is 1.06 bits per heavy atom. The normalized spacial score (nSPS) is 18.3. The molecule has 0 aliphatic carbocycles. The van der Waals surface area contributed by atoms with Gasteiger partial charge in [-0.1, -0.05) is 23.7 Å². The number of ketones is 1. The Hall–Kier alpha value is -2.97. The minimum Gasteiger partial charge on any atom is -0.483 e. The third-order valence-corrected chi connectivity index (χ3v) is 6.36. The zero-order valence-corrected chi connectivity index (χ0v) is 20.6. The number of benzene rings is 2. The summed E-state index contributed by atoms with van der Waals surface area (Å²) in [7, 11) is 0. The maximum atomic E-state index is 13.2. The minimum absolute atomic E-state index is 0.0432. The first-order valence-corrected chi connectivity index (χ1v) is 12.0. The fourth-order valence-electron chi connectivity index (χ4n) is 4.19. The van der Waals surface area contributed by atoms with Gasteiger partial charge in [-0.05, 0) is 56.2 Å². The van der Waals surface area contributed by atoms with Gasteiger partial charge >= 0.3 is 5.97 Å². The van der Waals surface area contributed by atoms with E-state index < -0.39 is 5.97 Å². The number of aliphatic carboxylic acids is 1. The number of halogens is 2. The molecular weight excluding hydrogens is 475 g/mol. The van der Waals surface area contributed by atoms with Gasteiger partial charge in [-0.15, -0.1) is 0 Å². The van der Waals surface area contributed by atoms with Crippen molar-refractivity contribution in [2.45, 2.75) is 51.7 Å². The van der Waals surface area contributed by atoms with E-state index in [1.54, 1.807) is 29.2 Å². The highest BCUT2D eigenvalue weighted by Gasteiger charge is 2.32. The second-order valence-corrected chi connectivity index (χ2v) is 9.34. The topological polar surface area (TPSA) is 87.2 Å². The second-order valence-electron chi connectivity index (χ2n) is 8.90. The van der Waals surface area contributed by atoms with Crippen LogP contribution in [0.25, 0.3) is 0 Å². The first-order valence-electron chi connectivity index (χ1n) is 11.6. The summed E-state index contributed by atoms with van der Waals surface area (Å²) >= 11 is 6.04. The van der Waals surface area contributed by atoms with E-state index >= 15 is 0 Å². The number of hydrogen-bond donors (Lipinski definition) is 1. The van der Waals surface area contributed by atoms with Gasteiger partial charge in [-0.3, -0.25) is 19.3 Å². The van der Waals surface area contributed by atoms with Crippen molar-refractivity contribution in [2.75, 3.05) is 19.7 Å². The number of hydrogen-bond acceptors (Lipinski definition) is 5. The van der Waals surface area contributed by atoms with E-state index in [2.05, 4.69) is 4.90 Å². The van der Waals surface area contributed by atoms with Crippen molar-refractivity contribution in [2.24, 2.45) is 0 Å². The lowest BCUT2D eigenvalue weighted by atomic mass is 10.0. The largest absolute Gasteiger partial charge is 0.483 e. The van der Waals surface area contributed by atoms with Crippen molar-refractivity contribution in [3.8, 4) is 5.75 Å². The van der Waals surface area contributed by atoms with Crippen LogP contribution in [0.3, 0.4) is 0 Å². The SMILES string of the molecule is C[C@@H]1CN(Cc2ccc(F)cc2)[C@@H](C)CN1C(=O)COc1ccc(Cl)cc1C(=O)CCCC(=O)O. The van der Waals surface area contributed by atoms with E-state index in [1.807, 2.05) is 13.8 Å². The summed E-state index contributed by atoms with van der Waals surface area (Å²) in [4.78, 5) is 40.3. The molecule has 1 saturated heterocycles. The predicted molar refractivity (Wildman–Crippen MR) is 130 cm³/mol. The van der Waals surface area contributed by atoms with Crippen LogP contribution < -0.4 is 4.74 Å². The summed E-state index contributed by atoms with van der Waals surface area (Å²) in [6.07, 6.45) is 0.141. The molecule has 188 valence electrons. The number of carboxylic acids is 1. The van der Waals surface area contributed by atoms with Gasteiger partial charge in [0.1, 0.15) is 11.6 Å². The van der Waals surface area contributed by atoms with Gasteiger partial charge in [-0.25, -0.2) is 4.39 Å². The highest BCUT2D eigenvalue weighted by molar-refractivity contribution is 6.31. The molecule has 7 nitrogen and oxygen atoms in total. The Morgan fingerprint density at radius 2 is 1.77 bits per heavy atom. The summed E-state index contributed by atoms with van der Waals surface area (Å²) < 4.78 is 18.9. The number of carbonyl (C=O) groups is 3. The molecule has 9 heteroatoms. The highest BCUT2D eigenvalue weighted by atomic mass is 35.5. The summed E-state index contributed by atoms with van der Waals surface area (Å²) in [6, 6.07) is 11.1. The third-order valence-electron chi connectivity index (χ3n) is 6.12. The summed E-state index contributed by atoms with van der Waals surface area (Å²) in [5.74, 6) is -1.46. The zero-order valence-electron chi connectivity index (χ0n) is 19.9. The molecule has 2 atom stereocenters. The van der Waals surface area contributed by atoms with E-state index in [-0.39, 0.29) is 66.8 Å². The molecule has 1 amide bonds. The molecule has 1 N–H and O–H groups in total. The molecule has 0 aromatic heterocycles. The third kappa shape index (κ3) is 7.50. The first kappa shape index (κ1) is 26.6. The van der Waals surface area contributed by atoms with Gasteiger partial charge in [0, 0.05) is 49.6 Å². The molecule has 1 heterocycles. The number of amides is 1. The number of carboxylic acid groups (broad SMARTS) is 1. The standard InChI is InChI=1S/C26H30ClFN2O5/c1-17-14-30(18(2)13-29(17)15-19-6-9-21(28)10-7-19)25(32)16-35-24-11-8-20(27)12-22(24)23(31)4-3-5-26(33)34/h6-12,17-18H,3-5,13-16H2,1-2H3,(H,33,34)/t17-,18+/m0/s1. The lowest BCUT2D eigenvalue weighted by molar-refractivity contribution is -0.139. The monoisotopic (exact) mass is 504 g/mol. The van der Waals surface area contributed by atoms with Crippen LogP contribution in [0.2, 0.25) is 5.02 Å². The number of nitrogens with zero attached hydrogens (tertiary/aromatic N) is 2. The van der Waals surface area contributed by atoms with Gasteiger partial charge < -0.3 is 14.7 Å². The average molecular weight is 505 g/mol. The van der Waals surface area contributed by atoms with E-state index in [9.17, 15) is 18.8 Å². The van der Waals surface area contributed by atoms with Crippen molar-refractivity contribution < 1.29 is 28.6 Å². The Bertz CT molecular complexity index is 1060. The molecule has 3 rings (SSSR count). The number of ether oxygens (including phenoxy) is 1. The van der Waals surface area contributed by atoms with E-state index in [1.165, 1.54) is 18.2 Å². The van der Waals surface area contributed by atoms with Crippen LogP contribution in [0.4, 0.5) is 4.39 Å². The van der Waals surface area contributed by atoms with E-state index in [4.69, 9.17) is 21.4 Å². The van der Waals surface area contributed by atoms with Crippen molar-refractivity contribution in [1.29, 1.82) is 0 Å². The molecule has 1 aliphatic rings. The first-order chi connectivity index (χ1) is 16.6. The smallest absolute Gasteiger partial charge is 0.303 e. The number of carbonyl (C=O) groups excluding carboxylic acids is 2. The quantitative estimate of drug-likeness (QED) is 0.482. The van der Waals surface area contributed by atoms with Crippen LogP contribution in [0.5, 0.6) is 5.75 Å². The fourth-order valence-corrected chi connectivity index (χ4v) is 4.37. The lowest BCUT2D eigenvalue weighted by Gasteiger charge is -2.44. The molecule has 0 bridgehead atoms. The number of Topliss-reactive ketones (excluding diaryl/α,β-unsaturated/α-hetero) is 1. The van der Waals surface area contributed by atoms with Crippen LogP contribution >= 0.6 is 11.6 Å². The van der Waals surface area contributed by atoms with Crippen LogP contribution in [-0.2, 0) is 16.1 Å². The van der Waals surface area contributed by atoms with Crippen molar-refractivity contribution >= 4 is 29.3 Å². The average Bonchev–Trinajstić information content (AvgIpc) is 2.81. The zero-order chi connectivity index (χ0) is 25.5. The highest BCUT2D eigenvalue weighted by Crippen LogP contribution is 2.26. The molecule has 0 radical (unpaired) electrons. The maximum Gasteiger partial charge on any atom is 0.303 e. The Labute approximate surface area is 209 Å².